The molecule has 0 radical (unpaired) electrons. The molecule has 0 saturated heterocycles. The lowest BCUT2D eigenvalue weighted by Crippen LogP contribution is -2.00. The lowest BCUT2D eigenvalue weighted by Gasteiger charge is -1.98. The van der Waals surface area contributed by atoms with Gasteiger partial charge in [0.2, 0.25) is 0 Å². The summed E-state index contributed by atoms with van der Waals surface area (Å²) in [5, 5.41) is 10.6. The van der Waals surface area contributed by atoms with E-state index in [9.17, 15) is 14.9 Å². The average molecular weight is 191 g/mol. The van der Waals surface area contributed by atoms with Gasteiger partial charge in [0.05, 0.1) is 4.92 Å². The monoisotopic (exact) mass is 191 g/mol. The zero-order valence-corrected chi connectivity index (χ0v) is 6.95. The predicted molar refractivity (Wildman–Crippen MR) is 47.2 cm³/mol. The molecule has 2 rings (SSSR count). The normalized spacial score (nSPS) is 10.3. The summed E-state index contributed by atoms with van der Waals surface area (Å²) in [5.74, 6) is 0. The topological polar surface area (TPSA) is 77.5 Å². The molecule has 2 aromatic heterocycles. The molecule has 0 saturated carbocycles. The number of rotatable bonds is 2. The fraction of sp³-hybridized carbons (Fsp3) is 0. The molecule has 2 aromatic rings. The van der Waals surface area contributed by atoms with Crippen LogP contribution in [0.1, 0.15) is 10.5 Å². The molecular formula is C8H5N3O3. The lowest BCUT2D eigenvalue weighted by atomic mass is 10.3. The summed E-state index contributed by atoms with van der Waals surface area (Å²) >= 11 is 0. The number of fused-ring (bicyclic) bond motifs is 1. The molecule has 14 heavy (non-hydrogen) atoms. The van der Waals surface area contributed by atoms with Crippen LogP contribution in [-0.4, -0.2) is 20.6 Å². The largest absolute Gasteiger partial charge is 0.296 e. The van der Waals surface area contributed by atoms with Gasteiger partial charge in [0.15, 0.2) is 12.0 Å². The first-order chi connectivity index (χ1) is 6.74. The Balaban J connectivity index is 2.85. The Kier molecular flexibility index (Phi) is 1.74. The van der Waals surface area contributed by atoms with Crippen LogP contribution in [-0.2, 0) is 0 Å². The van der Waals surface area contributed by atoms with E-state index < -0.39 is 4.92 Å². The van der Waals surface area contributed by atoms with Crippen molar-refractivity contribution in [2.45, 2.75) is 0 Å². The van der Waals surface area contributed by atoms with Crippen molar-refractivity contribution in [2.75, 3.05) is 0 Å². The second-order valence-corrected chi connectivity index (χ2v) is 2.63. The minimum atomic E-state index is -0.594. The lowest BCUT2D eigenvalue weighted by molar-refractivity contribution is -0.385. The predicted octanol–water partition coefficient (Wildman–Crippen LogP) is 1.05. The maximum Gasteiger partial charge on any atom is 0.296 e. The number of nitro groups is 1. The molecule has 6 heteroatoms. The Bertz CT molecular complexity index is 518. The van der Waals surface area contributed by atoms with Gasteiger partial charge in [0.25, 0.3) is 5.69 Å². The van der Waals surface area contributed by atoms with Crippen molar-refractivity contribution in [2.24, 2.45) is 0 Å². The Hall–Kier alpha value is -2.24. The van der Waals surface area contributed by atoms with Crippen LogP contribution in [0.2, 0.25) is 0 Å². The Morgan fingerprint density at radius 3 is 2.93 bits per heavy atom. The summed E-state index contributed by atoms with van der Waals surface area (Å²) in [5.41, 5.74) is 0.299. The molecule has 0 bridgehead atoms. The van der Waals surface area contributed by atoms with E-state index in [-0.39, 0.29) is 11.4 Å². The number of pyridine rings is 1. The van der Waals surface area contributed by atoms with Crippen LogP contribution in [0.15, 0.2) is 24.5 Å². The van der Waals surface area contributed by atoms with Crippen LogP contribution < -0.4 is 0 Å². The number of carbonyl (C=O) groups excluding carboxylic acids is 1. The number of hydrogen-bond donors (Lipinski definition) is 0. The van der Waals surface area contributed by atoms with E-state index in [4.69, 9.17) is 0 Å². The standard InChI is InChI=1S/C8H5N3O3/c12-5-7-6(11(13)14)1-2-8-9-3-4-10(7)8/h1-5H. The highest BCUT2D eigenvalue weighted by Crippen LogP contribution is 2.17. The molecule has 0 fully saturated rings. The first kappa shape index (κ1) is 8.36. The highest BCUT2D eigenvalue weighted by atomic mass is 16.6. The van der Waals surface area contributed by atoms with Gasteiger partial charge in [-0.15, -0.1) is 0 Å². The van der Waals surface area contributed by atoms with Crippen molar-refractivity contribution in [1.29, 1.82) is 0 Å². The first-order valence-corrected chi connectivity index (χ1v) is 3.79. The number of aldehydes is 1. The maximum atomic E-state index is 10.7. The van der Waals surface area contributed by atoms with Crippen molar-refractivity contribution in [3.8, 4) is 0 Å². The van der Waals surface area contributed by atoms with Gasteiger partial charge in [-0.05, 0) is 6.07 Å². The number of aromatic nitrogens is 2. The molecule has 0 aliphatic carbocycles. The van der Waals surface area contributed by atoms with Crippen LogP contribution in [0.5, 0.6) is 0 Å². The molecule has 0 unspecified atom stereocenters. The number of nitrogens with zero attached hydrogens (tertiary/aromatic N) is 3. The van der Waals surface area contributed by atoms with E-state index in [0.29, 0.717) is 11.9 Å². The van der Waals surface area contributed by atoms with Crippen LogP contribution >= 0.6 is 0 Å². The summed E-state index contributed by atoms with van der Waals surface area (Å²) in [7, 11) is 0. The minimum Gasteiger partial charge on any atom is -0.296 e. The quantitative estimate of drug-likeness (QED) is 0.404. The molecule has 0 atom stereocenters. The van der Waals surface area contributed by atoms with Crippen LogP contribution in [0.3, 0.4) is 0 Å². The highest BCUT2D eigenvalue weighted by Gasteiger charge is 2.16. The van der Waals surface area contributed by atoms with E-state index in [1.54, 1.807) is 0 Å². The van der Waals surface area contributed by atoms with Gasteiger partial charge in [-0.3, -0.25) is 19.3 Å². The third-order valence-corrected chi connectivity index (χ3v) is 1.89. The fourth-order valence-electron chi connectivity index (χ4n) is 1.28. The molecular weight excluding hydrogens is 186 g/mol. The Morgan fingerprint density at radius 1 is 1.50 bits per heavy atom. The maximum absolute atomic E-state index is 10.7. The highest BCUT2D eigenvalue weighted by molar-refractivity contribution is 5.80. The average Bonchev–Trinajstić information content (AvgIpc) is 2.63. The van der Waals surface area contributed by atoms with Crippen molar-refractivity contribution >= 4 is 17.6 Å². The molecule has 0 aromatic carbocycles. The molecule has 0 aliphatic rings. The van der Waals surface area contributed by atoms with Crippen molar-refractivity contribution in [1.82, 2.24) is 9.38 Å². The van der Waals surface area contributed by atoms with E-state index >= 15 is 0 Å². The zero-order chi connectivity index (χ0) is 10.1. The van der Waals surface area contributed by atoms with Gasteiger partial charge in [0, 0.05) is 18.5 Å². The Labute approximate surface area is 77.9 Å². The van der Waals surface area contributed by atoms with Gasteiger partial charge in [0.1, 0.15) is 5.65 Å². The van der Waals surface area contributed by atoms with E-state index in [1.165, 1.54) is 28.9 Å². The first-order valence-electron chi connectivity index (χ1n) is 3.79. The molecule has 6 nitrogen and oxygen atoms in total. The molecule has 70 valence electrons. The fourth-order valence-corrected chi connectivity index (χ4v) is 1.28. The van der Waals surface area contributed by atoms with Crippen molar-refractivity contribution in [3.63, 3.8) is 0 Å². The van der Waals surface area contributed by atoms with Gasteiger partial charge in [-0.1, -0.05) is 0 Å². The Morgan fingerprint density at radius 2 is 2.29 bits per heavy atom. The smallest absolute Gasteiger partial charge is 0.296 e. The third kappa shape index (κ3) is 1.05. The van der Waals surface area contributed by atoms with Gasteiger partial charge < -0.3 is 0 Å². The molecule has 0 spiro atoms. The molecule has 0 amide bonds. The summed E-state index contributed by atoms with van der Waals surface area (Å²) < 4.78 is 1.38. The number of carbonyl (C=O) groups is 1. The second-order valence-electron chi connectivity index (χ2n) is 2.63. The van der Waals surface area contributed by atoms with Crippen LogP contribution in [0.4, 0.5) is 5.69 Å². The number of hydrogen-bond acceptors (Lipinski definition) is 4. The summed E-state index contributed by atoms with van der Waals surface area (Å²) in [4.78, 5) is 24.6. The summed E-state index contributed by atoms with van der Waals surface area (Å²) in [6.45, 7) is 0. The second kappa shape index (κ2) is 2.91. The zero-order valence-electron chi connectivity index (χ0n) is 6.95. The third-order valence-electron chi connectivity index (χ3n) is 1.89. The van der Waals surface area contributed by atoms with Gasteiger partial charge >= 0.3 is 0 Å². The van der Waals surface area contributed by atoms with Crippen molar-refractivity contribution in [3.05, 3.63) is 40.3 Å². The minimum absolute atomic E-state index is 0.00463. The van der Waals surface area contributed by atoms with E-state index in [0.717, 1.165) is 0 Å². The van der Waals surface area contributed by atoms with Gasteiger partial charge in [-0.25, -0.2) is 4.98 Å². The van der Waals surface area contributed by atoms with E-state index in [1.807, 2.05) is 0 Å². The van der Waals surface area contributed by atoms with Crippen LogP contribution in [0, 0.1) is 10.1 Å². The summed E-state index contributed by atoms with van der Waals surface area (Å²) in [6.07, 6.45) is 3.44. The molecule has 0 aliphatic heterocycles. The van der Waals surface area contributed by atoms with Crippen molar-refractivity contribution < 1.29 is 9.72 Å². The van der Waals surface area contributed by atoms with E-state index in [2.05, 4.69) is 4.98 Å². The van der Waals surface area contributed by atoms with Crippen LogP contribution in [0.25, 0.3) is 5.65 Å². The number of imidazole rings is 1. The SMILES string of the molecule is O=Cc1c([N+](=O)[O-])ccc2nccn12. The molecule has 2 heterocycles. The van der Waals surface area contributed by atoms with Gasteiger partial charge in [-0.2, -0.15) is 0 Å². The molecule has 0 N–H and O–H groups in total. The summed E-state index contributed by atoms with van der Waals surface area (Å²) in [6, 6.07) is 2.76.